The second-order valence-electron chi connectivity index (χ2n) is 7.64. The van der Waals surface area contributed by atoms with Gasteiger partial charge in [-0.3, -0.25) is 9.69 Å². The molecular formula is C21H19BrF4N2O. The van der Waals surface area contributed by atoms with Crippen molar-refractivity contribution in [2.45, 2.75) is 43.9 Å². The third-order valence-corrected chi connectivity index (χ3v) is 6.20. The zero-order valence-electron chi connectivity index (χ0n) is 15.6. The molecule has 2 aliphatic rings. The average molecular weight is 471 g/mol. The van der Waals surface area contributed by atoms with E-state index < -0.39 is 42.8 Å². The molecule has 0 saturated carbocycles. The highest BCUT2D eigenvalue weighted by molar-refractivity contribution is 9.11. The minimum atomic E-state index is -3.62. The number of nitrogens with zero attached hydrogens (tertiary/aromatic N) is 1. The number of hydrogen-bond donors (Lipinski definition) is 1. The number of carbonyl (C=O) groups is 1. The summed E-state index contributed by atoms with van der Waals surface area (Å²) in [5.74, 6) is -4.40. The van der Waals surface area contributed by atoms with Crippen LogP contribution in [0.5, 0.6) is 0 Å². The number of halogens is 5. The van der Waals surface area contributed by atoms with Gasteiger partial charge in [0.05, 0.1) is 12.6 Å². The molecule has 0 fully saturated rings. The number of alkyl halides is 3. The third-order valence-electron chi connectivity index (χ3n) is 5.65. The van der Waals surface area contributed by atoms with Crippen LogP contribution < -0.4 is 0 Å². The number of H-pyrrole nitrogens is 1. The van der Waals surface area contributed by atoms with Crippen molar-refractivity contribution in [3.05, 3.63) is 57.5 Å². The van der Waals surface area contributed by atoms with Crippen molar-refractivity contribution >= 4 is 33.1 Å². The molecule has 2 unspecified atom stereocenters. The summed E-state index contributed by atoms with van der Waals surface area (Å²) in [6.45, 7) is 0.824. The summed E-state index contributed by atoms with van der Waals surface area (Å²) in [6.07, 6.45) is -0.538. The summed E-state index contributed by atoms with van der Waals surface area (Å²) >= 11 is 3.13. The number of benzene rings is 1. The summed E-state index contributed by atoms with van der Waals surface area (Å²) in [6, 6.07) is 5.94. The van der Waals surface area contributed by atoms with Gasteiger partial charge in [-0.05, 0) is 31.1 Å². The van der Waals surface area contributed by atoms with Gasteiger partial charge in [-0.1, -0.05) is 34.1 Å². The molecule has 0 spiro atoms. The SMILES string of the molecule is CC1Cc2c([nH]c3ccccc23)[C@@H](C2=C(F)C=C(Br)CC2F)N1CC(F)(F)C=O. The Morgan fingerprint density at radius 1 is 1.31 bits per heavy atom. The van der Waals surface area contributed by atoms with Crippen LogP contribution in [0, 0.1) is 0 Å². The summed E-state index contributed by atoms with van der Waals surface area (Å²) in [7, 11) is 0. The fraction of sp³-hybridized carbons (Fsp3) is 0.381. The van der Waals surface area contributed by atoms with Crippen molar-refractivity contribution in [3.63, 3.8) is 0 Å². The standard InChI is InChI=1S/C21H19BrF4N2O/c1-11-6-14-13-4-2-3-5-17(13)27-19(14)20(28(11)9-21(25,26)10-29)18-15(23)7-12(22)8-16(18)24/h2-5,7,10-11,16,20,27H,6,8-9H2,1H3/t11?,16?,20-/m1/s1. The molecule has 2 aromatic rings. The first kappa shape index (κ1) is 20.3. The zero-order chi connectivity index (χ0) is 20.9. The lowest BCUT2D eigenvalue weighted by atomic mass is 9.84. The summed E-state index contributed by atoms with van der Waals surface area (Å²) in [4.78, 5) is 15.4. The average Bonchev–Trinajstić information content (AvgIpc) is 3.01. The molecule has 4 rings (SSSR count). The van der Waals surface area contributed by atoms with Gasteiger partial charge in [-0.2, -0.15) is 8.78 Å². The monoisotopic (exact) mass is 470 g/mol. The minimum Gasteiger partial charge on any atom is -0.357 e. The first-order valence-electron chi connectivity index (χ1n) is 9.31. The van der Waals surface area contributed by atoms with Crippen molar-refractivity contribution < 1.29 is 22.4 Å². The number of para-hydroxylation sites is 1. The number of rotatable bonds is 4. The quantitative estimate of drug-likeness (QED) is 0.470. The molecule has 3 nitrogen and oxygen atoms in total. The van der Waals surface area contributed by atoms with Crippen LogP contribution in [0.2, 0.25) is 0 Å². The fourth-order valence-corrected chi connectivity index (χ4v) is 4.87. The molecule has 1 aliphatic carbocycles. The van der Waals surface area contributed by atoms with Crippen LogP contribution >= 0.6 is 15.9 Å². The molecule has 2 heterocycles. The highest BCUT2D eigenvalue weighted by atomic mass is 79.9. The molecule has 8 heteroatoms. The number of aldehydes is 1. The summed E-state index contributed by atoms with van der Waals surface area (Å²) < 4.78 is 58.4. The van der Waals surface area contributed by atoms with E-state index in [0.717, 1.165) is 16.5 Å². The smallest absolute Gasteiger partial charge is 0.314 e. The number of nitrogens with one attached hydrogen (secondary N) is 1. The van der Waals surface area contributed by atoms with Crippen molar-refractivity contribution in [3.8, 4) is 0 Å². The number of fused-ring (bicyclic) bond motifs is 3. The summed E-state index contributed by atoms with van der Waals surface area (Å²) in [5, 5.41) is 0.907. The van der Waals surface area contributed by atoms with Crippen LogP contribution in [0.1, 0.15) is 30.6 Å². The Balaban J connectivity index is 1.93. The minimum absolute atomic E-state index is 0.0683. The summed E-state index contributed by atoms with van der Waals surface area (Å²) in [5.41, 5.74) is 1.96. The normalized spacial score (nSPS) is 25.9. The molecule has 0 saturated heterocycles. The Bertz CT molecular complexity index is 1030. The van der Waals surface area contributed by atoms with E-state index in [0.29, 0.717) is 16.6 Å². The molecule has 1 aliphatic heterocycles. The molecule has 0 radical (unpaired) electrons. The molecule has 1 N–H and O–H groups in total. The van der Waals surface area contributed by atoms with Gasteiger partial charge in [0, 0.05) is 39.1 Å². The molecule has 1 aromatic heterocycles. The zero-order valence-corrected chi connectivity index (χ0v) is 17.1. The molecule has 29 heavy (non-hydrogen) atoms. The van der Waals surface area contributed by atoms with E-state index in [1.165, 1.54) is 11.0 Å². The van der Waals surface area contributed by atoms with Gasteiger partial charge in [0.15, 0.2) is 6.29 Å². The Hall–Kier alpha value is -1.93. The van der Waals surface area contributed by atoms with Crippen molar-refractivity contribution in [1.29, 1.82) is 0 Å². The number of allylic oxidation sites excluding steroid dienone is 3. The van der Waals surface area contributed by atoms with Crippen molar-refractivity contribution in [2.75, 3.05) is 6.54 Å². The van der Waals surface area contributed by atoms with Gasteiger partial charge < -0.3 is 4.98 Å². The van der Waals surface area contributed by atoms with E-state index in [9.17, 15) is 18.0 Å². The largest absolute Gasteiger partial charge is 0.357 e. The van der Waals surface area contributed by atoms with Gasteiger partial charge in [0.2, 0.25) is 0 Å². The first-order chi connectivity index (χ1) is 13.7. The molecule has 154 valence electrons. The number of aromatic amines is 1. The Labute approximate surface area is 173 Å². The van der Waals surface area contributed by atoms with E-state index in [-0.39, 0.29) is 12.0 Å². The predicted molar refractivity (Wildman–Crippen MR) is 107 cm³/mol. The Morgan fingerprint density at radius 3 is 2.72 bits per heavy atom. The lowest BCUT2D eigenvalue weighted by Gasteiger charge is -2.43. The van der Waals surface area contributed by atoms with E-state index in [4.69, 9.17) is 0 Å². The van der Waals surface area contributed by atoms with E-state index >= 15 is 4.39 Å². The Morgan fingerprint density at radius 2 is 2.03 bits per heavy atom. The van der Waals surface area contributed by atoms with Crippen LogP contribution in [0.25, 0.3) is 10.9 Å². The highest BCUT2D eigenvalue weighted by Crippen LogP contribution is 2.46. The molecule has 0 amide bonds. The molecule has 3 atom stereocenters. The maximum Gasteiger partial charge on any atom is 0.314 e. The first-order valence-corrected chi connectivity index (χ1v) is 10.1. The van der Waals surface area contributed by atoms with Gasteiger partial charge in [0.25, 0.3) is 0 Å². The van der Waals surface area contributed by atoms with Gasteiger partial charge in [-0.25, -0.2) is 8.78 Å². The van der Waals surface area contributed by atoms with Crippen LogP contribution in [0.4, 0.5) is 17.6 Å². The van der Waals surface area contributed by atoms with Crippen LogP contribution in [0.3, 0.4) is 0 Å². The highest BCUT2D eigenvalue weighted by Gasteiger charge is 2.45. The number of hydrogen-bond acceptors (Lipinski definition) is 2. The maximum atomic E-state index is 15.0. The van der Waals surface area contributed by atoms with Crippen molar-refractivity contribution in [1.82, 2.24) is 9.88 Å². The van der Waals surface area contributed by atoms with Crippen molar-refractivity contribution in [2.24, 2.45) is 0 Å². The van der Waals surface area contributed by atoms with E-state index in [2.05, 4.69) is 20.9 Å². The molecular weight excluding hydrogens is 452 g/mol. The Kier molecular flexibility index (Phi) is 5.19. The lowest BCUT2D eigenvalue weighted by Crippen LogP contribution is -2.49. The second kappa shape index (κ2) is 7.40. The van der Waals surface area contributed by atoms with Crippen LogP contribution in [-0.2, 0) is 11.2 Å². The van der Waals surface area contributed by atoms with E-state index in [1.807, 2.05) is 24.3 Å². The van der Waals surface area contributed by atoms with Gasteiger partial charge in [0.1, 0.15) is 12.0 Å². The number of carbonyl (C=O) groups excluding carboxylic acids is 1. The van der Waals surface area contributed by atoms with Gasteiger partial charge >= 0.3 is 5.92 Å². The topological polar surface area (TPSA) is 36.1 Å². The maximum absolute atomic E-state index is 15.0. The predicted octanol–water partition coefficient (Wildman–Crippen LogP) is 5.53. The van der Waals surface area contributed by atoms with Crippen LogP contribution in [0.15, 0.2) is 46.2 Å². The van der Waals surface area contributed by atoms with E-state index in [1.54, 1.807) is 6.92 Å². The fourth-order valence-electron chi connectivity index (χ4n) is 4.38. The second-order valence-corrected chi connectivity index (χ2v) is 8.65. The lowest BCUT2D eigenvalue weighted by molar-refractivity contribution is -0.133. The molecule has 1 aromatic carbocycles. The third kappa shape index (κ3) is 3.57. The van der Waals surface area contributed by atoms with Crippen LogP contribution in [-0.4, -0.2) is 40.9 Å². The van der Waals surface area contributed by atoms with Gasteiger partial charge in [-0.15, -0.1) is 0 Å². The number of aromatic nitrogens is 1. The molecule has 0 bridgehead atoms.